The van der Waals surface area contributed by atoms with Crippen molar-refractivity contribution in [3.8, 4) is 0 Å². The fraction of sp³-hybridized carbons (Fsp3) is 0.125. The number of aromatic nitrogens is 2. The highest BCUT2D eigenvalue weighted by Crippen LogP contribution is 2.27. The minimum Gasteiger partial charge on any atom is -0.397 e. The summed E-state index contributed by atoms with van der Waals surface area (Å²) in [5.74, 6) is 0. The molecule has 0 amide bonds. The first kappa shape index (κ1) is 7.43. The van der Waals surface area contributed by atoms with Crippen molar-refractivity contribution in [2.24, 2.45) is 7.05 Å². The first-order valence-corrected chi connectivity index (χ1v) is 3.93. The van der Waals surface area contributed by atoms with E-state index in [2.05, 4.69) is 5.10 Å². The van der Waals surface area contributed by atoms with Gasteiger partial charge >= 0.3 is 0 Å². The van der Waals surface area contributed by atoms with E-state index in [1.54, 1.807) is 16.9 Å². The molecule has 1 aromatic carbocycles. The number of aryl methyl sites for hydroxylation is 1. The maximum atomic E-state index is 5.83. The van der Waals surface area contributed by atoms with E-state index in [0.29, 0.717) is 10.7 Å². The molecule has 0 saturated heterocycles. The predicted octanol–water partition coefficient (Wildman–Crippen LogP) is 1.81. The lowest BCUT2D eigenvalue weighted by atomic mass is 10.2. The quantitative estimate of drug-likeness (QED) is 0.630. The van der Waals surface area contributed by atoms with Crippen molar-refractivity contribution in [3.63, 3.8) is 0 Å². The van der Waals surface area contributed by atoms with Crippen LogP contribution in [0.2, 0.25) is 5.02 Å². The van der Waals surface area contributed by atoms with Crippen LogP contribution in [0.5, 0.6) is 0 Å². The van der Waals surface area contributed by atoms with Gasteiger partial charge in [0.05, 0.1) is 22.4 Å². The van der Waals surface area contributed by atoms with Crippen molar-refractivity contribution < 1.29 is 0 Å². The third kappa shape index (κ3) is 0.865. The molecule has 0 atom stereocenters. The van der Waals surface area contributed by atoms with Crippen LogP contribution in [0, 0.1) is 0 Å². The number of hydrogen-bond acceptors (Lipinski definition) is 2. The van der Waals surface area contributed by atoms with Crippen molar-refractivity contribution in [3.05, 3.63) is 23.4 Å². The zero-order chi connectivity index (χ0) is 8.72. The Morgan fingerprint density at radius 2 is 2.25 bits per heavy atom. The Hall–Kier alpha value is -1.22. The van der Waals surface area contributed by atoms with Crippen LogP contribution in [0.1, 0.15) is 0 Å². The summed E-state index contributed by atoms with van der Waals surface area (Å²) in [7, 11) is 1.87. The van der Waals surface area contributed by atoms with Crippen LogP contribution in [-0.2, 0) is 7.05 Å². The van der Waals surface area contributed by atoms with E-state index in [4.69, 9.17) is 17.3 Å². The molecule has 1 heterocycles. The monoisotopic (exact) mass is 181 g/mol. The molecule has 2 aromatic rings. The van der Waals surface area contributed by atoms with E-state index >= 15 is 0 Å². The Kier molecular flexibility index (Phi) is 1.48. The van der Waals surface area contributed by atoms with E-state index in [0.717, 1.165) is 10.9 Å². The van der Waals surface area contributed by atoms with Gasteiger partial charge in [-0.15, -0.1) is 0 Å². The van der Waals surface area contributed by atoms with E-state index in [1.807, 2.05) is 13.1 Å². The lowest BCUT2D eigenvalue weighted by molar-refractivity contribution is 0.797. The predicted molar refractivity (Wildman–Crippen MR) is 50.1 cm³/mol. The van der Waals surface area contributed by atoms with Gasteiger partial charge < -0.3 is 5.73 Å². The molecule has 0 aliphatic rings. The van der Waals surface area contributed by atoms with Crippen molar-refractivity contribution in [1.29, 1.82) is 0 Å². The Balaban J connectivity index is 2.93. The van der Waals surface area contributed by atoms with Gasteiger partial charge in [0, 0.05) is 12.4 Å². The zero-order valence-electron chi connectivity index (χ0n) is 6.58. The second-order valence-corrected chi connectivity index (χ2v) is 3.07. The third-order valence-electron chi connectivity index (χ3n) is 1.92. The van der Waals surface area contributed by atoms with Gasteiger partial charge in [-0.05, 0) is 12.1 Å². The molecule has 12 heavy (non-hydrogen) atoms. The molecule has 0 unspecified atom stereocenters. The summed E-state index contributed by atoms with van der Waals surface area (Å²) >= 11 is 5.83. The first-order valence-electron chi connectivity index (χ1n) is 3.56. The highest BCUT2D eigenvalue weighted by Gasteiger charge is 2.04. The van der Waals surface area contributed by atoms with Crippen molar-refractivity contribution in [1.82, 2.24) is 9.78 Å². The smallest absolute Gasteiger partial charge is 0.0700 e. The van der Waals surface area contributed by atoms with Gasteiger partial charge in [-0.2, -0.15) is 5.10 Å². The van der Waals surface area contributed by atoms with Crippen molar-refractivity contribution in [2.75, 3.05) is 5.73 Å². The molecule has 0 aliphatic heterocycles. The minimum atomic E-state index is 0.579. The maximum Gasteiger partial charge on any atom is 0.0700 e. The summed E-state index contributed by atoms with van der Waals surface area (Å²) in [5, 5.41) is 5.56. The van der Waals surface area contributed by atoms with Crippen molar-refractivity contribution in [2.45, 2.75) is 0 Å². The molecular formula is C8H8ClN3. The Morgan fingerprint density at radius 1 is 1.50 bits per heavy atom. The fourth-order valence-electron chi connectivity index (χ4n) is 1.22. The van der Waals surface area contributed by atoms with E-state index in [-0.39, 0.29) is 0 Å². The molecule has 1 aromatic heterocycles. The van der Waals surface area contributed by atoms with Crippen LogP contribution in [0.3, 0.4) is 0 Å². The number of hydrogen-bond donors (Lipinski definition) is 1. The normalized spacial score (nSPS) is 10.8. The first-order chi connectivity index (χ1) is 5.70. The molecule has 3 nitrogen and oxygen atoms in total. The second-order valence-electron chi connectivity index (χ2n) is 2.66. The number of benzene rings is 1. The summed E-state index contributed by atoms with van der Waals surface area (Å²) in [6, 6.07) is 3.68. The van der Waals surface area contributed by atoms with Gasteiger partial charge in [-0.3, -0.25) is 4.68 Å². The van der Waals surface area contributed by atoms with E-state index < -0.39 is 0 Å². The average molecular weight is 182 g/mol. The SMILES string of the molecule is Cn1ncc2c(N)c(Cl)ccc21. The van der Waals surface area contributed by atoms with Gasteiger partial charge in [0.25, 0.3) is 0 Å². The molecule has 0 radical (unpaired) electrons. The Labute approximate surface area is 74.7 Å². The molecule has 0 bridgehead atoms. The van der Waals surface area contributed by atoms with Crippen LogP contribution in [0.4, 0.5) is 5.69 Å². The van der Waals surface area contributed by atoms with Gasteiger partial charge in [0.15, 0.2) is 0 Å². The summed E-state index contributed by atoms with van der Waals surface area (Å²) < 4.78 is 1.77. The van der Waals surface area contributed by atoms with Gasteiger partial charge in [0.1, 0.15) is 0 Å². The summed E-state index contributed by atoms with van der Waals surface area (Å²) in [6.07, 6.45) is 1.72. The lowest BCUT2D eigenvalue weighted by Crippen LogP contribution is -1.90. The highest BCUT2D eigenvalue weighted by molar-refractivity contribution is 6.34. The molecule has 2 rings (SSSR count). The van der Waals surface area contributed by atoms with E-state index in [9.17, 15) is 0 Å². The standard InChI is InChI=1S/C8H8ClN3/c1-12-7-3-2-6(9)8(10)5(7)4-11-12/h2-4H,10H2,1H3. The summed E-state index contributed by atoms with van der Waals surface area (Å²) in [6.45, 7) is 0. The number of fused-ring (bicyclic) bond motifs is 1. The van der Waals surface area contributed by atoms with Gasteiger partial charge in [0.2, 0.25) is 0 Å². The fourth-order valence-corrected chi connectivity index (χ4v) is 1.39. The topological polar surface area (TPSA) is 43.8 Å². The van der Waals surface area contributed by atoms with Gasteiger partial charge in [-0.25, -0.2) is 0 Å². The highest BCUT2D eigenvalue weighted by atomic mass is 35.5. The molecule has 2 N–H and O–H groups in total. The third-order valence-corrected chi connectivity index (χ3v) is 2.25. The molecule has 4 heteroatoms. The number of nitrogens with zero attached hydrogens (tertiary/aromatic N) is 2. The molecule has 0 spiro atoms. The van der Waals surface area contributed by atoms with Crippen LogP contribution in [0.15, 0.2) is 18.3 Å². The van der Waals surface area contributed by atoms with Crippen molar-refractivity contribution >= 4 is 28.2 Å². The molecule has 0 aliphatic carbocycles. The second kappa shape index (κ2) is 2.38. The number of nitrogen functional groups attached to an aromatic ring is 1. The number of halogens is 1. The Bertz CT molecular complexity index is 433. The number of anilines is 1. The van der Waals surface area contributed by atoms with Crippen LogP contribution in [-0.4, -0.2) is 9.78 Å². The lowest BCUT2D eigenvalue weighted by Gasteiger charge is -1.99. The molecule has 0 saturated carbocycles. The maximum absolute atomic E-state index is 5.83. The molecule has 62 valence electrons. The number of nitrogens with two attached hydrogens (primary N) is 1. The Morgan fingerprint density at radius 3 is 3.00 bits per heavy atom. The van der Waals surface area contributed by atoms with Gasteiger partial charge in [-0.1, -0.05) is 11.6 Å². The summed E-state index contributed by atoms with van der Waals surface area (Å²) in [4.78, 5) is 0. The van der Waals surface area contributed by atoms with Crippen LogP contribution < -0.4 is 5.73 Å². The zero-order valence-corrected chi connectivity index (χ0v) is 7.34. The molecule has 0 fully saturated rings. The van der Waals surface area contributed by atoms with Crippen LogP contribution in [0.25, 0.3) is 10.9 Å². The van der Waals surface area contributed by atoms with Crippen LogP contribution >= 0.6 is 11.6 Å². The molecular weight excluding hydrogens is 174 g/mol. The summed E-state index contributed by atoms with van der Waals surface area (Å²) in [5.41, 5.74) is 7.34. The largest absolute Gasteiger partial charge is 0.397 e. The number of rotatable bonds is 0. The minimum absolute atomic E-state index is 0.579. The van der Waals surface area contributed by atoms with E-state index in [1.165, 1.54) is 0 Å². The average Bonchev–Trinajstić information content (AvgIpc) is 2.41.